The quantitative estimate of drug-likeness (QED) is 0.254. The van der Waals surface area contributed by atoms with Crippen LogP contribution in [0.25, 0.3) is 54.6 Å². The minimum atomic E-state index is 0.715. The molecule has 4 aromatic heterocycles. The molecule has 0 saturated heterocycles. The van der Waals surface area contributed by atoms with Crippen LogP contribution in [-0.2, 0) is 0 Å². The normalized spacial score (nSPS) is 11.8. The van der Waals surface area contributed by atoms with E-state index in [1.165, 1.54) is 5.39 Å². The number of hydrogen-bond acceptors (Lipinski definition) is 5. The third kappa shape index (κ3) is 3.04. The van der Waals surface area contributed by atoms with Gasteiger partial charge in [-0.15, -0.1) is 0 Å². The largest absolute Gasteiger partial charge is 0.456 e. The summed E-state index contributed by atoms with van der Waals surface area (Å²) in [6.45, 7) is 0. The monoisotopic (exact) mass is 477 g/mol. The van der Waals surface area contributed by atoms with Gasteiger partial charge < -0.3 is 8.83 Å². The van der Waals surface area contributed by atoms with Crippen LogP contribution in [0.15, 0.2) is 124 Å². The molecule has 0 bridgehead atoms. The van der Waals surface area contributed by atoms with E-state index in [4.69, 9.17) is 18.8 Å². The summed E-state index contributed by atoms with van der Waals surface area (Å²) >= 11 is 0. The molecule has 0 aliphatic heterocycles. The Morgan fingerprint density at radius 2 is 1.27 bits per heavy atom. The molecule has 0 aliphatic rings. The summed E-state index contributed by atoms with van der Waals surface area (Å²) < 4.78 is 12.4. The predicted octanol–water partition coefficient (Wildman–Crippen LogP) is 8.90. The lowest BCUT2D eigenvalue weighted by molar-refractivity contribution is 0.668. The maximum atomic E-state index is 6.22. The van der Waals surface area contributed by atoms with Crippen LogP contribution < -0.4 is 4.90 Å². The Bertz CT molecular complexity index is 2120. The minimum Gasteiger partial charge on any atom is -0.456 e. The van der Waals surface area contributed by atoms with Gasteiger partial charge in [-0.05, 0) is 41.1 Å². The molecule has 0 aliphatic carbocycles. The lowest BCUT2D eigenvalue weighted by Crippen LogP contribution is -2.13. The molecule has 4 heterocycles. The number of aromatic nitrogens is 2. The van der Waals surface area contributed by atoms with Crippen molar-refractivity contribution in [1.29, 1.82) is 0 Å². The van der Waals surface area contributed by atoms with Gasteiger partial charge in [0.2, 0.25) is 0 Å². The van der Waals surface area contributed by atoms with E-state index in [-0.39, 0.29) is 0 Å². The Morgan fingerprint density at radius 1 is 0.541 bits per heavy atom. The molecule has 0 unspecified atom stereocenters. The third-order valence-electron chi connectivity index (χ3n) is 6.95. The first-order valence-electron chi connectivity index (χ1n) is 12.2. The SMILES string of the molecule is c1ccc2cc(N(c3cc4oc5ccccc5c4cn3)c3nccc4oc5ccccc5c34)ccc2c1. The third-order valence-corrected chi connectivity index (χ3v) is 6.95. The Labute approximate surface area is 211 Å². The smallest absolute Gasteiger partial charge is 0.150 e. The van der Waals surface area contributed by atoms with E-state index in [2.05, 4.69) is 59.5 Å². The average Bonchev–Trinajstić information content (AvgIpc) is 3.51. The number of nitrogens with zero attached hydrogens (tertiary/aromatic N) is 3. The zero-order chi connectivity index (χ0) is 24.3. The first kappa shape index (κ1) is 20.1. The van der Waals surface area contributed by atoms with Gasteiger partial charge in [0, 0.05) is 40.3 Å². The highest BCUT2D eigenvalue weighted by molar-refractivity contribution is 6.12. The van der Waals surface area contributed by atoms with Crippen molar-refractivity contribution < 1.29 is 8.83 Å². The number of anilines is 3. The van der Waals surface area contributed by atoms with Crippen molar-refractivity contribution >= 4 is 72.0 Å². The van der Waals surface area contributed by atoms with Gasteiger partial charge in [-0.25, -0.2) is 9.97 Å². The van der Waals surface area contributed by atoms with E-state index in [1.807, 2.05) is 54.7 Å². The van der Waals surface area contributed by atoms with Crippen LogP contribution >= 0.6 is 0 Å². The summed E-state index contributed by atoms with van der Waals surface area (Å²) in [7, 11) is 0. The molecule has 4 aromatic carbocycles. The van der Waals surface area contributed by atoms with E-state index < -0.39 is 0 Å². The Hall–Kier alpha value is -5.16. The molecule has 5 nitrogen and oxygen atoms in total. The van der Waals surface area contributed by atoms with Crippen molar-refractivity contribution in [3.8, 4) is 0 Å². The average molecular weight is 478 g/mol. The molecule has 0 saturated carbocycles. The summed E-state index contributed by atoms with van der Waals surface area (Å²) in [6.07, 6.45) is 3.67. The van der Waals surface area contributed by atoms with Crippen LogP contribution in [0, 0.1) is 0 Å². The van der Waals surface area contributed by atoms with E-state index in [1.54, 1.807) is 6.20 Å². The molecule has 174 valence electrons. The Balaban J connectivity index is 1.44. The van der Waals surface area contributed by atoms with Gasteiger partial charge in [-0.1, -0.05) is 66.7 Å². The van der Waals surface area contributed by atoms with Gasteiger partial charge in [-0.3, -0.25) is 4.90 Å². The molecule has 0 radical (unpaired) electrons. The molecule has 5 heteroatoms. The minimum absolute atomic E-state index is 0.715. The van der Waals surface area contributed by atoms with Gasteiger partial charge in [0.25, 0.3) is 0 Å². The molecular weight excluding hydrogens is 458 g/mol. The van der Waals surface area contributed by atoms with Crippen molar-refractivity contribution in [2.45, 2.75) is 0 Å². The fraction of sp³-hybridized carbons (Fsp3) is 0. The standard InChI is InChI=1S/C32H19N3O2/c1-2-8-21-17-22(14-13-20(21)7-1)35(30-18-29-25(19-34-30)23-9-3-5-11-26(23)37-29)32-31-24-10-4-6-12-27(24)36-28(31)15-16-33-32/h1-19H. The molecule has 8 aromatic rings. The Morgan fingerprint density at radius 3 is 2.16 bits per heavy atom. The highest BCUT2D eigenvalue weighted by Crippen LogP contribution is 2.42. The summed E-state index contributed by atoms with van der Waals surface area (Å²) in [5, 5.41) is 6.30. The summed E-state index contributed by atoms with van der Waals surface area (Å²) in [5.74, 6) is 1.47. The van der Waals surface area contributed by atoms with Gasteiger partial charge in [0.05, 0.1) is 5.39 Å². The number of pyridine rings is 2. The van der Waals surface area contributed by atoms with Crippen LogP contribution in [0.5, 0.6) is 0 Å². The highest BCUT2D eigenvalue weighted by Gasteiger charge is 2.22. The van der Waals surface area contributed by atoms with E-state index in [0.717, 1.165) is 60.8 Å². The van der Waals surface area contributed by atoms with Crippen molar-refractivity contribution in [2.24, 2.45) is 0 Å². The number of para-hydroxylation sites is 2. The van der Waals surface area contributed by atoms with E-state index >= 15 is 0 Å². The number of benzene rings is 4. The lowest BCUT2D eigenvalue weighted by atomic mass is 10.1. The second kappa shape index (κ2) is 7.67. The zero-order valence-corrected chi connectivity index (χ0v) is 19.6. The van der Waals surface area contributed by atoms with E-state index in [0.29, 0.717) is 5.82 Å². The first-order chi connectivity index (χ1) is 18.3. The topological polar surface area (TPSA) is 55.3 Å². The van der Waals surface area contributed by atoms with Crippen molar-refractivity contribution in [2.75, 3.05) is 4.90 Å². The zero-order valence-electron chi connectivity index (χ0n) is 19.6. The molecular formula is C32H19N3O2. The fourth-order valence-corrected chi connectivity index (χ4v) is 5.23. The first-order valence-corrected chi connectivity index (χ1v) is 12.2. The molecule has 0 amide bonds. The van der Waals surface area contributed by atoms with Gasteiger partial charge in [0.1, 0.15) is 28.1 Å². The number of furan rings is 2. The lowest BCUT2D eigenvalue weighted by Gasteiger charge is -2.24. The predicted molar refractivity (Wildman–Crippen MR) is 149 cm³/mol. The maximum absolute atomic E-state index is 6.22. The van der Waals surface area contributed by atoms with Crippen LogP contribution in [0.2, 0.25) is 0 Å². The van der Waals surface area contributed by atoms with E-state index in [9.17, 15) is 0 Å². The Kier molecular flexibility index (Phi) is 4.16. The highest BCUT2D eigenvalue weighted by atomic mass is 16.3. The van der Waals surface area contributed by atoms with Crippen molar-refractivity contribution in [1.82, 2.24) is 9.97 Å². The van der Waals surface area contributed by atoms with Crippen LogP contribution in [0.1, 0.15) is 0 Å². The summed E-state index contributed by atoms with van der Waals surface area (Å²) in [5.41, 5.74) is 4.18. The van der Waals surface area contributed by atoms with Crippen LogP contribution in [-0.4, -0.2) is 9.97 Å². The maximum Gasteiger partial charge on any atom is 0.150 e. The second-order valence-electron chi connectivity index (χ2n) is 9.11. The van der Waals surface area contributed by atoms with Crippen LogP contribution in [0.3, 0.4) is 0 Å². The van der Waals surface area contributed by atoms with Crippen molar-refractivity contribution in [3.63, 3.8) is 0 Å². The van der Waals surface area contributed by atoms with Gasteiger partial charge in [-0.2, -0.15) is 0 Å². The number of hydrogen-bond donors (Lipinski definition) is 0. The molecule has 37 heavy (non-hydrogen) atoms. The molecule has 8 rings (SSSR count). The van der Waals surface area contributed by atoms with Crippen LogP contribution in [0.4, 0.5) is 17.3 Å². The second-order valence-corrected chi connectivity index (χ2v) is 9.11. The molecule has 0 N–H and O–H groups in total. The summed E-state index contributed by atoms with van der Waals surface area (Å²) in [6, 6.07) is 34.7. The van der Waals surface area contributed by atoms with Crippen molar-refractivity contribution in [3.05, 3.63) is 116 Å². The molecule has 0 fully saturated rings. The molecule has 0 spiro atoms. The number of fused-ring (bicyclic) bond motifs is 7. The fourth-order valence-electron chi connectivity index (χ4n) is 5.23. The number of rotatable bonds is 3. The van der Waals surface area contributed by atoms with Gasteiger partial charge in [0.15, 0.2) is 5.82 Å². The van der Waals surface area contributed by atoms with Gasteiger partial charge >= 0.3 is 0 Å². The molecule has 0 atom stereocenters. The summed E-state index contributed by atoms with van der Waals surface area (Å²) in [4.78, 5) is 11.9.